The smallest absolute Gasteiger partial charge is 0.253 e. The molecule has 0 saturated carbocycles. The third-order valence-corrected chi connectivity index (χ3v) is 4.83. The maximum atomic E-state index is 13.2. The van der Waals surface area contributed by atoms with Gasteiger partial charge < -0.3 is 15.1 Å². The normalized spacial score (nSPS) is 14.7. The lowest BCUT2D eigenvalue weighted by Crippen LogP contribution is -2.46. The zero-order chi connectivity index (χ0) is 19.4. The van der Waals surface area contributed by atoms with Gasteiger partial charge in [-0.3, -0.25) is 9.59 Å². The Morgan fingerprint density at radius 2 is 1.70 bits per heavy atom. The van der Waals surface area contributed by atoms with Gasteiger partial charge in [0.1, 0.15) is 5.82 Å². The molecule has 0 aromatic heterocycles. The molecule has 3 rings (SSSR count). The Kier molecular flexibility index (Phi) is 5.74. The van der Waals surface area contributed by atoms with Crippen LogP contribution in [0.1, 0.15) is 33.6 Å². The Labute approximate surface area is 158 Å². The van der Waals surface area contributed by atoms with Crippen molar-refractivity contribution in [2.45, 2.75) is 18.9 Å². The van der Waals surface area contributed by atoms with Crippen LogP contribution < -0.4 is 10.2 Å². The molecule has 1 aliphatic heterocycles. The first-order valence-electron chi connectivity index (χ1n) is 9.07. The predicted octanol–water partition coefficient (Wildman–Crippen LogP) is 2.93. The molecule has 27 heavy (non-hydrogen) atoms. The minimum Gasteiger partial charge on any atom is -0.378 e. The first-order valence-corrected chi connectivity index (χ1v) is 9.07. The minimum absolute atomic E-state index is 0.00946. The van der Waals surface area contributed by atoms with Crippen LogP contribution in [0, 0.1) is 5.82 Å². The molecule has 142 valence electrons. The SMILES string of the molecule is CN(C)c1ccc(C(=O)N2CCC(NC(=O)c3cccc(F)c3)CC2)cc1. The number of halogens is 1. The number of carbonyl (C=O) groups is 2. The van der Waals surface area contributed by atoms with E-state index in [9.17, 15) is 14.0 Å². The summed E-state index contributed by atoms with van der Waals surface area (Å²) in [5.74, 6) is -0.697. The van der Waals surface area contributed by atoms with Gasteiger partial charge in [-0.1, -0.05) is 6.07 Å². The number of benzene rings is 2. The minimum atomic E-state index is -0.427. The molecule has 0 spiro atoms. The average molecular weight is 369 g/mol. The summed E-state index contributed by atoms with van der Waals surface area (Å²) in [7, 11) is 3.92. The number of piperidine rings is 1. The van der Waals surface area contributed by atoms with Crippen LogP contribution in [0.2, 0.25) is 0 Å². The largest absolute Gasteiger partial charge is 0.378 e. The van der Waals surface area contributed by atoms with Crippen LogP contribution in [-0.4, -0.2) is 49.9 Å². The molecule has 1 saturated heterocycles. The van der Waals surface area contributed by atoms with Crippen LogP contribution in [0.25, 0.3) is 0 Å². The summed E-state index contributed by atoms with van der Waals surface area (Å²) in [6.45, 7) is 1.17. The summed E-state index contributed by atoms with van der Waals surface area (Å²) in [6.07, 6.45) is 1.37. The van der Waals surface area contributed by atoms with Gasteiger partial charge in [-0.25, -0.2) is 4.39 Å². The van der Waals surface area contributed by atoms with Crippen molar-refractivity contribution in [3.8, 4) is 0 Å². The summed E-state index contributed by atoms with van der Waals surface area (Å²) in [5, 5.41) is 2.93. The van der Waals surface area contributed by atoms with E-state index in [2.05, 4.69) is 5.32 Å². The van der Waals surface area contributed by atoms with E-state index < -0.39 is 5.82 Å². The highest BCUT2D eigenvalue weighted by molar-refractivity contribution is 5.95. The van der Waals surface area contributed by atoms with Gasteiger partial charge in [-0.2, -0.15) is 0 Å². The summed E-state index contributed by atoms with van der Waals surface area (Å²) in [6, 6.07) is 13.2. The maximum Gasteiger partial charge on any atom is 0.253 e. The van der Waals surface area contributed by atoms with Crippen molar-refractivity contribution in [1.82, 2.24) is 10.2 Å². The second-order valence-electron chi connectivity index (χ2n) is 6.99. The fourth-order valence-corrected chi connectivity index (χ4v) is 3.21. The number of carbonyl (C=O) groups excluding carboxylic acids is 2. The van der Waals surface area contributed by atoms with E-state index in [1.54, 1.807) is 6.07 Å². The number of nitrogens with zero attached hydrogens (tertiary/aromatic N) is 2. The summed E-state index contributed by atoms with van der Waals surface area (Å²) < 4.78 is 13.2. The first kappa shape index (κ1) is 18.9. The number of likely N-dealkylation sites (tertiary alicyclic amines) is 1. The van der Waals surface area contributed by atoms with Gasteiger partial charge in [0.2, 0.25) is 0 Å². The van der Waals surface area contributed by atoms with Crippen molar-refractivity contribution in [2.24, 2.45) is 0 Å². The zero-order valence-corrected chi connectivity index (χ0v) is 15.6. The van der Waals surface area contributed by atoms with Crippen LogP contribution in [0.3, 0.4) is 0 Å². The van der Waals surface area contributed by atoms with Crippen LogP contribution >= 0.6 is 0 Å². The first-order chi connectivity index (χ1) is 12.9. The molecule has 0 radical (unpaired) electrons. The molecule has 2 aromatic carbocycles. The van der Waals surface area contributed by atoms with Gasteiger partial charge >= 0.3 is 0 Å². The quantitative estimate of drug-likeness (QED) is 0.902. The molecule has 2 aromatic rings. The number of hydrogen-bond donors (Lipinski definition) is 1. The van der Waals surface area contributed by atoms with Crippen molar-refractivity contribution in [3.05, 3.63) is 65.5 Å². The van der Waals surface area contributed by atoms with E-state index in [0.717, 1.165) is 5.69 Å². The second kappa shape index (κ2) is 8.20. The maximum absolute atomic E-state index is 13.2. The Balaban J connectivity index is 1.53. The van der Waals surface area contributed by atoms with Gasteiger partial charge in [0.25, 0.3) is 11.8 Å². The van der Waals surface area contributed by atoms with E-state index in [-0.39, 0.29) is 17.9 Å². The average Bonchev–Trinajstić information content (AvgIpc) is 2.68. The van der Waals surface area contributed by atoms with Gasteiger partial charge in [0.15, 0.2) is 0 Å². The van der Waals surface area contributed by atoms with Crippen molar-refractivity contribution in [3.63, 3.8) is 0 Å². The van der Waals surface area contributed by atoms with E-state index in [1.165, 1.54) is 18.2 Å². The predicted molar refractivity (Wildman–Crippen MR) is 104 cm³/mol. The topological polar surface area (TPSA) is 52.7 Å². The molecule has 0 bridgehead atoms. The van der Waals surface area contributed by atoms with Crippen molar-refractivity contribution < 1.29 is 14.0 Å². The molecule has 1 fully saturated rings. The fraction of sp³-hybridized carbons (Fsp3) is 0.333. The van der Waals surface area contributed by atoms with Gasteiger partial charge in [-0.05, 0) is 55.3 Å². The van der Waals surface area contributed by atoms with Crippen molar-refractivity contribution >= 4 is 17.5 Å². The van der Waals surface area contributed by atoms with Gasteiger partial charge in [0, 0.05) is 50.0 Å². The molecule has 6 heteroatoms. The molecule has 1 heterocycles. The third kappa shape index (κ3) is 4.64. The van der Waals surface area contributed by atoms with E-state index in [0.29, 0.717) is 37.1 Å². The number of amides is 2. The Hall–Kier alpha value is -2.89. The zero-order valence-electron chi connectivity index (χ0n) is 15.6. The molecular weight excluding hydrogens is 345 g/mol. The molecular formula is C21H24FN3O2. The standard InChI is InChI=1S/C21H24FN3O2/c1-24(2)19-8-6-15(7-9-19)21(27)25-12-10-18(11-13-25)23-20(26)16-4-3-5-17(22)14-16/h3-9,14,18H,10-13H2,1-2H3,(H,23,26). The lowest BCUT2D eigenvalue weighted by atomic mass is 10.0. The monoisotopic (exact) mass is 369 g/mol. The number of hydrogen-bond acceptors (Lipinski definition) is 3. The number of anilines is 1. The molecule has 1 N–H and O–H groups in total. The highest BCUT2D eigenvalue weighted by Crippen LogP contribution is 2.17. The molecule has 0 atom stereocenters. The molecule has 2 amide bonds. The lowest BCUT2D eigenvalue weighted by Gasteiger charge is -2.32. The Morgan fingerprint density at radius 3 is 2.30 bits per heavy atom. The number of rotatable bonds is 4. The molecule has 1 aliphatic rings. The van der Waals surface area contributed by atoms with Crippen molar-refractivity contribution in [2.75, 3.05) is 32.1 Å². The van der Waals surface area contributed by atoms with Gasteiger partial charge in [0.05, 0.1) is 0 Å². The second-order valence-corrected chi connectivity index (χ2v) is 6.99. The van der Waals surface area contributed by atoms with E-state index >= 15 is 0 Å². The van der Waals surface area contributed by atoms with Crippen LogP contribution in [0.5, 0.6) is 0 Å². The lowest BCUT2D eigenvalue weighted by molar-refractivity contribution is 0.0698. The van der Waals surface area contributed by atoms with Gasteiger partial charge in [-0.15, -0.1) is 0 Å². The van der Waals surface area contributed by atoms with E-state index in [1.807, 2.05) is 48.2 Å². The highest BCUT2D eigenvalue weighted by atomic mass is 19.1. The Bertz CT molecular complexity index is 812. The summed E-state index contributed by atoms with van der Waals surface area (Å²) >= 11 is 0. The third-order valence-electron chi connectivity index (χ3n) is 4.83. The Morgan fingerprint density at radius 1 is 1.04 bits per heavy atom. The van der Waals surface area contributed by atoms with Crippen LogP contribution in [0.15, 0.2) is 48.5 Å². The summed E-state index contributed by atoms with van der Waals surface area (Å²) in [4.78, 5) is 28.7. The van der Waals surface area contributed by atoms with E-state index in [4.69, 9.17) is 0 Å². The molecule has 5 nitrogen and oxygen atoms in total. The van der Waals surface area contributed by atoms with Crippen LogP contribution in [0.4, 0.5) is 10.1 Å². The molecule has 0 unspecified atom stereocenters. The number of nitrogens with one attached hydrogen (secondary N) is 1. The van der Waals surface area contributed by atoms with Crippen LogP contribution in [-0.2, 0) is 0 Å². The molecule has 0 aliphatic carbocycles. The fourth-order valence-electron chi connectivity index (χ4n) is 3.21. The summed E-state index contributed by atoms with van der Waals surface area (Å²) in [5.41, 5.74) is 2.03. The van der Waals surface area contributed by atoms with Crippen molar-refractivity contribution in [1.29, 1.82) is 0 Å². The highest BCUT2D eigenvalue weighted by Gasteiger charge is 2.25.